The summed E-state index contributed by atoms with van der Waals surface area (Å²) in [5.41, 5.74) is -0.519. The maximum atomic E-state index is 11.7. The minimum Gasteiger partial charge on any atom is -0.477 e. The Bertz CT molecular complexity index is 435. The van der Waals surface area contributed by atoms with Crippen LogP contribution in [0.25, 0.3) is 0 Å². The van der Waals surface area contributed by atoms with E-state index in [1.165, 1.54) is 4.68 Å². The molecule has 0 spiro atoms. The van der Waals surface area contributed by atoms with Gasteiger partial charge >= 0.3 is 5.97 Å². The number of H-pyrrole nitrogens is 1. The molecule has 1 heterocycles. The van der Waals surface area contributed by atoms with Crippen LogP contribution in [0.3, 0.4) is 0 Å². The van der Waals surface area contributed by atoms with E-state index in [2.05, 4.69) is 5.10 Å². The molecule has 5 heteroatoms. The van der Waals surface area contributed by atoms with Crippen molar-refractivity contribution in [1.29, 1.82) is 0 Å². The van der Waals surface area contributed by atoms with E-state index in [1.807, 2.05) is 20.8 Å². The fourth-order valence-electron chi connectivity index (χ4n) is 1.45. The van der Waals surface area contributed by atoms with Crippen LogP contribution < -0.4 is 5.56 Å². The summed E-state index contributed by atoms with van der Waals surface area (Å²) in [7, 11) is 0. The lowest BCUT2D eigenvalue weighted by atomic mass is 9.89. The fourth-order valence-corrected chi connectivity index (χ4v) is 1.45. The molecule has 84 valence electrons. The molecule has 0 amide bonds. The largest absolute Gasteiger partial charge is 0.477 e. The van der Waals surface area contributed by atoms with Crippen LogP contribution in [0.15, 0.2) is 4.79 Å². The van der Waals surface area contributed by atoms with E-state index in [4.69, 9.17) is 5.11 Å². The first-order chi connectivity index (χ1) is 6.79. The number of aromatic amines is 1. The standard InChI is InChI=1S/C10H16N2O3/c1-5-12-8(13)6(9(14)15)7(11-12)10(2,3)4/h11H,5H2,1-4H3,(H,14,15). The van der Waals surface area contributed by atoms with Gasteiger partial charge in [0.25, 0.3) is 5.56 Å². The molecule has 0 bridgehead atoms. The van der Waals surface area contributed by atoms with Gasteiger partial charge in [0.1, 0.15) is 5.56 Å². The first-order valence-corrected chi connectivity index (χ1v) is 4.85. The SMILES string of the molecule is CCn1[nH]c(C(C)(C)C)c(C(=O)O)c1=O. The summed E-state index contributed by atoms with van der Waals surface area (Å²) in [5, 5.41) is 11.8. The Morgan fingerprint density at radius 1 is 1.47 bits per heavy atom. The average Bonchev–Trinajstić information content (AvgIpc) is 2.41. The summed E-state index contributed by atoms with van der Waals surface area (Å²) in [4.78, 5) is 22.6. The molecule has 0 saturated carbocycles. The van der Waals surface area contributed by atoms with Gasteiger partial charge in [-0.2, -0.15) is 0 Å². The molecule has 0 saturated heterocycles. The van der Waals surface area contributed by atoms with Gasteiger partial charge in [0, 0.05) is 12.0 Å². The maximum Gasteiger partial charge on any atom is 0.343 e. The molecule has 0 radical (unpaired) electrons. The molecular weight excluding hydrogens is 196 g/mol. The summed E-state index contributed by atoms with van der Waals surface area (Å²) in [6, 6.07) is 0. The molecule has 0 atom stereocenters. The molecule has 1 rings (SSSR count). The molecule has 15 heavy (non-hydrogen) atoms. The lowest BCUT2D eigenvalue weighted by Gasteiger charge is -2.16. The van der Waals surface area contributed by atoms with Crippen LogP contribution in [-0.4, -0.2) is 20.9 Å². The Morgan fingerprint density at radius 3 is 2.27 bits per heavy atom. The third kappa shape index (κ3) is 1.95. The Kier molecular flexibility index (Phi) is 2.75. The summed E-state index contributed by atoms with van der Waals surface area (Å²) in [6.07, 6.45) is 0. The minimum atomic E-state index is -1.17. The Balaban J connectivity index is 3.53. The predicted molar refractivity (Wildman–Crippen MR) is 56.4 cm³/mol. The summed E-state index contributed by atoms with van der Waals surface area (Å²) in [5.74, 6) is -1.17. The number of aromatic carboxylic acids is 1. The van der Waals surface area contributed by atoms with Crippen molar-refractivity contribution in [3.8, 4) is 0 Å². The Morgan fingerprint density at radius 2 is 2.00 bits per heavy atom. The Hall–Kier alpha value is -1.52. The zero-order chi connectivity index (χ0) is 11.8. The number of hydrogen-bond acceptors (Lipinski definition) is 2. The number of aromatic nitrogens is 2. The number of hydrogen-bond donors (Lipinski definition) is 2. The van der Waals surface area contributed by atoms with E-state index in [1.54, 1.807) is 6.92 Å². The van der Waals surface area contributed by atoms with Gasteiger partial charge in [0.2, 0.25) is 0 Å². The monoisotopic (exact) mass is 212 g/mol. The van der Waals surface area contributed by atoms with Gasteiger partial charge in [0.05, 0.1) is 5.69 Å². The van der Waals surface area contributed by atoms with Crippen LogP contribution in [0.1, 0.15) is 43.7 Å². The normalized spacial score (nSPS) is 11.7. The second kappa shape index (κ2) is 3.56. The van der Waals surface area contributed by atoms with Gasteiger partial charge in [0.15, 0.2) is 0 Å². The maximum absolute atomic E-state index is 11.7. The van der Waals surface area contributed by atoms with Crippen LogP contribution in [0, 0.1) is 0 Å². The van der Waals surface area contributed by atoms with E-state index in [9.17, 15) is 9.59 Å². The molecule has 0 aliphatic carbocycles. The average molecular weight is 212 g/mol. The second-order valence-electron chi connectivity index (χ2n) is 4.47. The van der Waals surface area contributed by atoms with Gasteiger partial charge in [-0.3, -0.25) is 14.6 Å². The van der Waals surface area contributed by atoms with E-state index in [0.717, 1.165) is 0 Å². The molecular formula is C10H16N2O3. The van der Waals surface area contributed by atoms with E-state index in [-0.39, 0.29) is 11.0 Å². The molecule has 2 N–H and O–H groups in total. The van der Waals surface area contributed by atoms with E-state index in [0.29, 0.717) is 12.2 Å². The van der Waals surface area contributed by atoms with Gasteiger partial charge < -0.3 is 5.11 Å². The van der Waals surface area contributed by atoms with Crippen molar-refractivity contribution in [2.24, 2.45) is 0 Å². The highest BCUT2D eigenvalue weighted by atomic mass is 16.4. The molecule has 0 aromatic carbocycles. The van der Waals surface area contributed by atoms with Crippen molar-refractivity contribution in [1.82, 2.24) is 9.78 Å². The highest BCUT2D eigenvalue weighted by Crippen LogP contribution is 2.22. The third-order valence-electron chi connectivity index (χ3n) is 2.24. The smallest absolute Gasteiger partial charge is 0.343 e. The molecule has 1 aromatic heterocycles. The van der Waals surface area contributed by atoms with Crippen molar-refractivity contribution < 1.29 is 9.90 Å². The van der Waals surface area contributed by atoms with Gasteiger partial charge in [-0.1, -0.05) is 20.8 Å². The third-order valence-corrected chi connectivity index (χ3v) is 2.24. The van der Waals surface area contributed by atoms with Crippen LogP contribution in [0.4, 0.5) is 0 Å². The molecule has 0 aliphatic heterocycles. The quantitative estimate of drug-likeness (QED) is 0.773. The first-order valence-electron chi connectivity index (χ1n) is 4.85. The van der Waals surface area contributed by atoms with Crippen molar-refractivity contribution in [3.63, 3.8) is 0 Å². The van der Waals surface area contributed by atoms with Gasteiger partial charge in [-0.25, -0.2) is 4.79 Å². The first kappa shape index (κ1) is 11.6. The Labute approximate surface area is 87.7 Å². The number of aryl methyl sites for hydroxylation is 1. The summed E-state index contributed by atoms with van der Waals surface area (Å²) >= 11 is 0. The number of carboxylic acids is 1. The fraction of sp³-hybridized carbons (Fsp3) is 0.600. The number of rotatable bonds is 2. The number of nitrogens with one attached hydrogen (secondary N) is 1. The number of carbonyl (C=O) groups is 1. The topological polar surface area (TPSA) is 75.1 Å². The molecule has 5 nitrogen and oxygen atoms in total. The van der Waals surface area contributed by atoms with E-state index < -0.39 is 11.5 Å². The number of carboxylic acid groups (broad SMARTS) is 1. The lowest BCUT2D eigenvalue weighted by Crippen LogP contribution is -2.22. The highest BCUT2D eigenvalue weighted by Gasteiger charge is 2.28. The predicted octanol–water partition coefficient (Wildman–Crippen LogP) is 1.19. The molecule has 0 fully saturated rings. The van der Waals surface area contributed by atoms with Crippen molar-refractivity contribution in [2.45, 2.75) is 39.7 Å². The second-order valence-corrected chi connectivity index (χ2v) is 4.47. The van der Waals surface area contributed by atoms with Crippen LogP contribution in [0.2, 0.25) is 0 Å². The van der Waals surface area contributed by atoms with E-state index >= 15 is 0 Å². The van der Waals surface area contributed by atoms with Crippen molar-refractivity contribution in [3.05, 3.63) is 21.6 Å². The van der Waals surface area contributed by atoms with Crippen molar-refractivity contribution in [2.75, 3.05) is 0 Å². The zero-order valence-electron chi connectivity index (χ0n) is 9.42. The summed E-state index contributed by atoms with van der Waals surface area (Å²) in [6.45, 7) is 7.82. The molecule has 0 aliphatic rings. The molecule has 1 aromatic rings. The van der Waals surface area contributed by atoms with Gasteiger partial charge in [-0.05, 0) is 6.92 Å². The summed E-state index contributed by atoms with van der Waals surface area (Å²) < 4.78 is 1.31. The van der Waals surface area contributed by atoms with Crippen molar-refractivity contribution >= 4 is 5.97 Å². The van der Waals surface area contributed by atoms with Crippen LogP contribution >= 0.6 is 0 Å². The minimum absolute atomic E-state index is 0.149. The molecule has 0 unspecified atom stereocenters. The lowest BCUT2D eigenvalue weighted by molar-refractivity contribution is 0.0692. The van der Waals surface area contributed by atoms with Gasteiger partial charge in [-0.15, -0.1) is 0 Å². The number of nitrogens with zero attached hydrogens (tertiary/aromatic N) is 1. The van der Waals surface area contributed by atoms with Crippen LogP contribution in [0.5, 0.6) is 0 Å². The zero-order valence-corrected chi connectivity index (χ0v) is 9.42. The van der Waals surface area contributed by atoms with Crippen LogP contribution in [-0.2, 0) is 12.0 Å². The highest BCUT2D eigenvalue weighted by molar-refractivity contribution is 5.88.